The van der Waals surface area contributed by atoms with Gasteiger partial charge in [-0.15, -0.1) is 0 Å². The highest BCUT2D eigenvalue weighted by Crippen LogP contribution is 2.28. The Morgan fingerprint density at radius 2 is 2.15 bits per heavy atom. The summed E-state index contributed by atoms with van der Waals surface area (Å²) >= 11 is 0. The van der Waals surface area contributed by atoms with Crippen LogP contribution in [0, 0.1) is 0 Å². The number of pyridine rings is 1. The van der Waals surface area contributed by atoms with Crippen LogP contribution in [0.3, 0.4) is 0 Å². The molecule has 0 radical (unpaired) electrons. The van der Waals surface area contributed by atoms with Crippen LogP contribution < -0.4 is 10.6 Å². The van der Waals surface area contributed by atoms with Gasteiger partial charge in [0.15, 0.2) is 5.84 Å². The Kier molecular flexibility index (Phi) is 4.47. The summed E-state index contributed by atoms with van der Waals surface area (Å²) in [5.74, 6) is 0.967. The van der Waals surface area contributed by atoms with Crippen molar-refractivity contribution in [1.82, 2.24) is 4.98 Å². The topological polar surface area (TPSA) is 74.7 Å². The van der Waals surface area contributed by atoms with Crippen molar-refractivity contribution >= 4 is 11.7 Å². The van der Waals surface area contributed by atoms with E-state index in [1.54, 1.807) is 0 Å². The fourth-order valence-corrected chi connectivity index (χ4v) is 2.98. The molecule has 0 spiro atoms. The maximum atomic E-state index is 9.01. The van der Waals surface area contributed by atoms with Crippen LogP contribution in [0.25, 0.3) is 0 Å². The lowest BCUT2D eigenvalue weighted by Gasteiger charge is -2.29. The molecule has 110 valence electrons. The lowest BCUT2D eigenvalue weighted by Crippen LogP contribution is -2.33. The first-order valence-electron chi connectivity index (χ1n) is 7.35. The number of fused-ring (bicyclic) bond motifs is 1. The molecule has 2 rings (SSSR count). The van der Waals surface area contributed by atoms with E-state index in [2.05, 4.69) is 23.9 Å². The summed E-state index contributed by atoms with van der Waals surface area (Å²) < 4.78 is 0. The highest BCUT2D eigenvalue weighted by molar-refractivity contribution is 6.01. The molecule has 0 saturated heterocycles. The summed E-state index contributed by atoms with van der Waals surface area (Å²) in [5, 5.41) is 12.2. The lowest BCUT2D eigenvalue weighted by atomic mass is 10.1. The Labute approximate surface area is 120 Å². The highest BCUT2D eigenvalue weighted by atomic mass is 16.4. The second-order valence-electron chi connectivity index (χ2n) is 5.39. The molecule has 0 atom stereocenters. The van der Waals surface area contributed by atoms with Gasteiger partial charge in [0.1, 0.15) is 5.82 Å². The number of aryl methyl sites for hydroxylation is 2. The van der Waals surface area contributed by atoms with Gasteiger partial charge in [0.05, 0.1) is 5.56 Å². The standard InChI is InChI=1S/C15H24N4O/c1-4-11(5-2)19(3)15-12(14(16)18-20)9-10-7-6-8-13(10)17-15/h9,11,20H,4-8H2,1-3H3,(H2,16,18). The molecule has 0 aromatic carbocycles. The van der Waals surface area contributed by atoms with Crippen LogP contribution in [-0.2, 0) is 12.8 Å². The first-order chi connectivity index (χ1) is 9.62. The molecule has 1 heterocycles. The molecule has 1 aliphatic rings. The second kappa shape index (κ2) is 6.11. The van der Waals surface area contributed by atoms with Crippen LogP contribution in [0.5, 0.6) is 0 Å². The summed E-state index contributed by atoms with van der Waals surface area (Å²) in [6, 6.07) is 2.45. The minimum atomic E-state index is 0.139. The number of hydrogen-bond acceptors (Lipinski definition) is 4. The third-order valence-electron chi connectivity index (χ3n) is 4.24. The molecule has 5 nitrogen and oxygen atoms in total. The van der Waals surface area contributed by atoms with Crippen molar-refractivity contribution in [3.63, 3.8) is 0 Å². The summed E-state index contributed by atoms with van der Waals surface area (Å²) in [6.07, 6.45) is 5.28. The molecule has 0 amide bonds. The predicted molar refractivity (Wildman–Crippen MR) is 81.5 cm³/mol. The molecule has 0 aliphatic heterocycles. The number of hydrogen-bond donors (Lipinski definition) is 2. The summed E-state index contributed by atoms with van der Waals surface area (Å²) in [7, 11) is 2.04. The van der Waals surface area contributed by atoms with Gasteiger partial charge < -0.3 is 15.8 Å². The number of nitrogens with zero attached hydrogens (tertiary/aromatic N) is 3. The van der Waals surface area contributed by atoms with Crippen LogP contribution in [0.15, 0.2) is 11.2 Å². The van der Waals surface area contributed by atoms with Gasteiger partial charge in [-0.05, 0) is 43.7 Å². The monoisotopic (exact) mass is 276 g/mol. The minimum Gasteiger partial charge on any atom is -0.409 e. The molecule has 1 aliphatic carbocycles. The van der Waals surface area contributed by atoms with E-state index in [0.29, 0.717) is 6.04 Å². The molecule has 1 aromatic rings. The quantitative estimate of drug-likeness (QED) is 0.374. The smallest absolute Gasteiger partial charge is 0.173 e. The zero-order chi connectivity index (χ0) is 14.7. The van der Waals surface area contributed by atoms with Gasteiger partial charge in [-0.1, -0.05) is 19.0 Å². The third kappa shape index (κ3) is 2.57. The number of amidine groups is 1. The van der Waals surface area contributed by atoms with Crippen molar-refractivity contribution in [3.8, 4) is 0 Å². The second-order valence-corrected chi connectivity index (χ2v) is 5.39. The van der Waals surface area contributed by atoms with E-state index in [-0.39, 0.29) is 5.84 Å². The highest BCUT2D eigenvalue weighted by Gasteiger charge is 2.23. The molecule has 0 saturated carbocycles. The first kappa shape index (κ1) is 14.6. The molecule has 0 unspecified atom stereocenters. The van der Waals surface area contributed by atoms with Gasteiger partial charge in [-0.3, -0.25) is 0 Å². The van der Waals surface area contributed by atoms with E-state index in [4.69, 9.17) is 15.9 Å². The summed E-state index contributed by atoms with van der Waals surface area (Å²) in [6.45, 7) is 4.34. The largest absolute Gasteiger partial charge is 0.409 e. The van der Waals surface area contributed by atoms with Crippen molar-refractivity contribution < 1.29 is 5.21 Å². The van der Waals surface area contributed by atoms with Crippen molar-refractivity contribution in [3.05, 3.63) is 22.9 Å². The normalized spacial score (nSPS) is 14.7. The maximum Gasteiger partial charge on any atom is 0.173 e. The van der Waals surface area contributed by atoms with E-state index in [1.807, 2.05) is 13.1 Å². The number of aromatic nitrogens is 1. The molecule has 0 fully saturated rings. The minimum absolute atomic E-state index is 0.139. The maximum absolute atomic E-state index is 9.01. The third-order valence-corrected chi connectivity index (χ3v) is 4.24. The van der Waals surface area contributed by atoms with Crippen LogP contribution in [-0.4, -0.2) is 29.1 Å². The zero-order valence-corrected chi connectivity index (χ0v) is 12.6. The van der Waals surface area contributed by atoms with E-state index in [9.17, 15) is 0 Å². The Hall–Kier alpha value is -1.78. The van der Waals surface area contributed by atoms with Gasteiger partial charge in [-0.25, -0.2) is 4.98 Å². The number of rotatable bonds is 5. The Balaban J connectivity index is 2.49. The fourth-order valence-electron chi connectivity index (χ4n) is 2.98. The zero-order valence-electron chi connectivity index (χ0n) is 12.6. The predicted octanol–water partition coefficient (Wildman–Crippen LogP) is 2.29. The molecular weight excluding hydrogens is 252 g/mol. The van der Waals surface area contributed by atoms with Crippen molar-refractivity contribution in [2.75, 3.05) is 11.9 Å². The molecule has 0 bridgehead atoms. The van der Waals surface area contributed by atoms with Crippen LogP contribution in [0.1, 0.15) is 49.9 Å². The van der Waals surface area contributed by atoms with E-state index in [1.165, 1.54) is 5.56 Å². The first-order valence-corrected chi connectivity index (χ1v) is 7.35. The fraction of sp³-hybridized carbons (Fsp3) is 0.600. The lowest BCUT2D eigenvalue weighted by molar-refractivity contribution is 0.318. The van der Waals surface area contributed by atoms with Gasteiger partial charge in [0, 0.05) is 18.8 Å². The average Bonchev–Trinajstić information content (AvgIpc) is 2.93. The van der Waals surface area contributed by atoms with Crippen LogP contribution in [0.4, 0.5) is 5.82 Å². The van der Waals surface area contributed by atoms with Gasteiger partial charge in [0.2, 0.25) is 0 Å². The van der Waals surface area contributed by atoms with Crippen LogP contribution >= 0.6 is 0 Å². The summed E-state index contributed by atoms with van der Waals surface area (Å²) in [4.78, 5) is 6.95. The molecule has 5 heteroatoms. The molecule has 20 heavy (non-hydrogen) atoms. The van der Waals surface area contributed by atoms with Gasteiger partial charge in [-0.2, -0.15) is 0 Å². The Morgan fingerprint density at radius 3 is 2.75 bits per heavy atom. The number of oxime groups is 1. The van der Waals surface area contributed by atoms with Crippen molar-refractivity contribution in [2.45, 2.75) is 52.0 Å². The Bertz CT molecular complexity index is 509. The molecular formula is C15H24N4O. The van der Waals surface area contributed by atoms with Crippen molar-refractivity contribution in [1.29, 1.82) is 0 Å². The Morgan fingerprint density at radius 1 is 1.45 bits per heavy atom. The molecule has 3 N–H and O–H groups in total. The number of anilines is 1. The van der Waals surface area contributed by atoms with Crippen LogP contribution in [0.2, 0.25) is 0 Å². The average molecular weight is 276 g/mol. The van der Waals surface area contributed by atoms with Gasteiger partial charge >= 0.3 is 0 Å². The van der Waals surface area contributed by atoms with E-state index >= 15 is 0 Å². The summed E-state index contributed by atoms with van der Waals surface area (Å²) in [5.41, 5.74) is 8.97. The van der Waals surface area contributed by atoms with Gasteiger partial charge in [0.25, 0.3) is 0 Å². The SMILES string of the molecule is CCC(CC)N(C)c1nc2c(cc1C(N)=NO)CCC2. The number of nitrogens with two attached hydrogens (primary N) is 1. The van der Waals surface area contributed by atoms with Crippen molar-refractivity contribution in [2.24, 2.45) is 10.9 Å². The van der Waals surface area contributed by atoms with E-state index < -0.39 is 0 Å². The molecule has 1 aromatic heterocycles. The van der Waals surface area contributed by atoms with E-state index in [0.717, 1.165) is 49.2 Å².